The number of nitrogens with zero attached hydrogens (tertiary/aromatic N) is 3. The number of nitro benzene ring substituents is 1. The number of nitrogens with one attached hydrogen (secondary N) is 1. The third-order valence-electron chi connectivity index (χ3n) is 5.87. The number of hydrogen-bond donors (Lipinski definition) is 1. The first-order chi connectivity index (χ1) is 18.7. The van der Waals surface area contributed by atoms with E-state index in [0.717, 1.165) is 10.4 Å². The van der Waals surface area contributed by atoms with E-state index in [0.29, 0.717) is 10.6 Å². The summed E-state index contributed by atoms with van der Waals surface area (Å²) in [5.41, 5.74) is -0.314. The van der Waals surface area contributed by atoms with Gasteiger partial charge in [-0.15, -0.1) is 0 Å². The number of non-ortho nitro benzene ring substituents is 1. The van der Waals surface area contributed by atoms with Crippen LogP contribution >= 0.6 is 11.6 Å². The minimum atomic E-state index is -4.33. The fourth-order valence-corrected chi connectivity index (χ4v) is 5.41. The molecule has 3 aromatic carbocycles. The number of sulfonamides is 1. The molecule has 1 N–H and O–H groups in total. The maximum Gasteiger partial charge on any atom is 0.271 e. The van der Waals surface area contributed by atoms with Crippen molar-refractivity contribution in [2.45, 2.75) is 50.7 Å². The molecule has 0 heterocycles. The summed E-state index contributed by atoms with van der Waals surface area (Å²) >= 11 is 6.01. The molecule has 10 nitrogen and oxygen atoms in total. The van der Waals surface area contributed by atoms with Crippen molar-refractivity contribution in [1.29, 1.82) is 0 Å². The van der Waals surface area contributed by atoms with Gasteiger partial charge in [-0.3, -0.25) is 24.0 Å². The van der Waals surface area contributed by atoms with Crippen LogP contribution in [0, 0.1) is 10.1 Å². The van der Waals surface area contributed by atoms with Crippen LogP contribution in [0.5, 0.6) is 0 Å². The second-order valence-corrected chi connectivity index (χ2v) is 12.5. The number of hydrogen-bond acceptors (Lipinski definition) is 6. The van der Waals surface area contributed by atoms with Crippen LogP contribution in [0.2, 0.25) is 5.02 Å². The summed E-state index contributed by atoms with van der Waals surface area (Å²) in [5.74, 6) is -1.11. The van der Waals surface area contributed by atoms with Gasteiger partial charge < -0.3 is 10.2 Å². The van der Waals surface area contributed by atoms with E-state index in [9.17, 15) is 28.1 Å². The van der Waals surface area contributed by atoms with Crippen molar-refractivity contribution in [3.8, 4) is 0 Å². The first kappa shape index (κ1) is 30.6. The molecular weight excluding hydrogens is 556 g/mol. The minimum Gasteiger partial charge on any atom is -0.350 e. The number of amides is 2. The Hall–Kier alpha value is -3.96. The largest absolute Gasteiger partial charge is 0.350 e. The highest BCUT2D eigenvalue weighted by molar-refractivity contribution is 7.92. The molecule has 0 aliphatic rings. The van der Waals surface area contributed by atoms with Gasteiger partial charge in [0.05, 0.1) is 15.5 Å². The van der Waals surface area contributed by atoms with Crippen molar-refractivity contribution in [1.82, 2.24) is 10.2 Å². The van der Waals surface area contributed by atoms with E-state index in [-0.39, 0.29) is 22.8 Å². The summed E-state index contributed by atoms with van der Waals surface area (Å²) in [6.07, 6.45) is 0. The third kappa shape index (κ3) is 7.80. The Balaban J connectivity index is 2.06. The highest BCUT2D eigenvalue weighted by atomic mass is 35.5. The monoisotopic (exact) mass is 586 g/mol. The predicted octanol–water partition coefficient (Wildman–Crippen LogP) is 4.78. The number of carbonyl (C=O) groups excluding carboxylic acids is 2. The molecule has 12 heteroatoms. The molecule has 0 fully saturated rings. The molecule has 3 rings (SSSR count). The average Bonchev–Trinajstić information content (AvgIpc) is 2.90. The molecule has 3 aromatic rings. The predicted molar refractivity (Wildman–Crippen MR) is 153 cm³/mol. The highest BCUT2D eigenvalue weighted by Gasteiger charge is 2.33. The lowest BCUT2D eigenvalue weighted by molar-refractivity contribution is -0.384. The smallest absolute Gasteiger partial charge is 0.271 e. The zero-order valence-corrected chi connectivity index (χ0v) is 24.1. The van der Waals surface area contributed by atoms with E-state index in [1.54, 1.807) is 58.0 Å². The second-order valence-electron chi connectivity index (χ2n) is 10.2. The van der Waals surface area contributed by atoms with Crippen LogP contribution < -0.4 is 9.62 Å². The van der Waals surface area contributed by atoms with Crippen molar-refractivity contribution in [3.05, 3.63) is 99.6 Å². The lowest BCUT2D eigenvalue weighted by Gasteiger charge is -2.33. The van der Waals surface area contributed by atoms with Crippen molar-refractivity contribution in [2.75, 3.05) is 10.8 Å². The van der Waals surface area contributed by atoms with Crippen LogP contribution in [0.3, 0.4) is 0 Å². The summed E-state index contributed by atoms with van der Waals surface area (Å²) in [6, 6.07) is 18.2. The number of nitro groups is 1. The maximum absolute atomic E-state index is 13.9. The fourth-order valence-electron chi connectivity index (χ4n) is 3.85. The lowest BCUT2D eigenvalue weighted by atomic mass is 10.1. The van der Waals surface area contributed by atoms with Gasteiger partial charge in [-0.2, -0.15) is 0 Å². The van der Waals surface area contributed by atoms with Gasteiger partial charge in [0.1, 0.15) is 12.6 Å². The molecule has 0 unspecified atom stereocenters. The van der Waals surface area contributed by atoms with Crippen LogP contribution in [-0.2, 0) is 26.2 Å². The molecule has 0 aliphatic heterocycles. The number of anilines is 1. The highest BCUT2D eigenvalue weighted by Crippen LogP contribution is 2.27. The Kier molecular flexibility index (Phi) is 9.54. The molecule has 1 atom stereocenters. The van der Waals surface area contributed by atoms with E-state index < -0.39 is 44.9 Å². The summed E-state index contributed by atoms with van der Waals surface area (Å²) in [5, 5.41) is 14.8. The van der Waals surface area contributed by atoms with E-state index in [1.807, 2.05) is 0 Å². The average molecular weight is 587 g/mol. The van der Waals surface area contributed by atoms with Gasteiger partial charge in [0.2, 0.25) is 11.8 Å². The zero-order chi connectivity index (χ0) is 29.7. The maximum atomic E-state index is 13.9. The molecule has 0 aromatic heterocycles. The molecule has 2 amide bonds. The molecular formula is C28H31ClN4O6S. The van der Waals surface area contributed by atoms with Crippen LogP contribution in [0.25, 0.3) is 0 Å². The van der Waals surface area contributed by atoms with E-state index in [4.69, 9.17) is 11.6 Å². The molecule has 0 radical (unpaired) electrons. The molecule has 0 bridgehead atoms. The number of carbonyl (C=O) groups is 2. The quantitative estimate of drug-likeness (QED) is 0.269. The number of rotatable bonds is 10. The van der Waals surface area contributed by atoms with Crippen molar-refractivity contribution >= 4 is 44.8 Å². The SMILES string of the molecule is C[C@@H](C(=O)NC(C)(C)C)N(Cc1ccc(Cl)cc1)C(=O)CN(c1cccc([N+](=O)[O-])c1)S(=O)(=O)c1ccccc1. The topological polar surface area (TPSA) is 130 Å². The Morgan fingerprint density at radius 3 is 2.20 bits per heavy atom. The van der Waals surface area contributed by atoms with Gasteiger partial charge in [0.15, 0.2) is 0 Å². The van der Waals surface area contributed by atoms with E-state index in [1.165, 1.54) is 47.4 Å². The first-order valence-electron chi connectivity index (χ1n) is 12.4. The van der Waals surface area contributed by atoms with Crippen molar-refractivity contribution in [2.24, 2.45) is 0 Å². The standard InChI is InChI=1S/C28H31ClN4O6S/c1-20(27(35)30-28(2,3)4)31(18-21-13-15-22(29)16-14-21)26(34)19-32(23-9-8-10-24(17-23)33(36)37)40(38,39)25-11-6-5-7-12-25/h5-17,20H,18-19H2,1-4H3,(H,30,35)/t20-/m0/s1. The van der Waals surface area contributed by atoms with Crippen LogP contribution in [0.15, 0.2) is 83.8 Å². The van der Waals surface area contributed by atoms with Crippen LogP contribution in [0.1, 0.15) is 33.3 Å². The van der Waals surface area contributed by atoms with E-state index in [2.05, 4.69) is 5.32 Å². The number of halogens is 1. The molecule has 0 aliphatic carbocycles. The summed E-state index contributed by atoms with van der Waals surface area (Å²) in [7, 11) is -4.33. The fraction of sp³-hybridized carbons (Fsp3) is 0.286. The summed E-state index contributed by atoms with van der Waals surface area (Å²) in [6.45, 7) is 6.25. The Morgan fingerprint density at radius 1 is 1.00 bits per heavy atom. The molecule has 0 saturated carbocycles. The summed E-state index contributed by atoms with van der Waals surface area (Å²) in [4.78, 5) is 39.0. The molecule has 212 valence electrons. The normalized spacial score (nSPS) is 12.3. The summed E-state index contributed by atoms with van der Waals surface area (Å²) < 4.78 is 28.3. The Morgan fingerprint density at radius 2 is 1.62 bits per heavy atom. The van der Waals surface area contributed by atoms with Crippen LogP contribution in [-0.4, -0.2) is 48.2 Å². The van der Waals surface area contributed by atoms with Gasteiger partial charge in [-0.05, 0) is 63.6 Å². The van der Waals surface area contributed by atoms with Gasteiger partial charge in [-0.1, -0.05) is 48.0 Å². The number of benzene rings is 3. The first-order valence-corrected chi connectivity index (χ1v) is 14.2. The molecule has 0 saturated heterocycles. The van der Waals surface area contributed by atoms with Gasteiger partial charge in [0, 0.05) is 29.2 Å². The van der Waals surface area contributed by atoms with Gasteiger partial charge in [0.25, 0.3) is 15.7 Å². The second kappa shape index (κ2) is 12.5. The van der Waals surface area contributed by atoms with Crippen LogP contribution in [0.4, 0.5) is 11.4 Å². The third-order valence-corrected chi connectivity index (χ3v) is 7.91. The van der Waals surface area contributed by atoms with Gasteiger partial charge >= 0.3 is 0 Å². The zero-order valence-electron chi connectivity index (χ0n) is 22.6. The Labute approximate surface area is 238 Å². The minimum absolute atomic E-state index is 0.0110. The molecule has 0 spiro atoms. The van der Waals surface area contributed by atoms with Gasteiger partial charge in [-0.25, -0.2) is 8.42 Å². The Bertz CT molecular complexity index is 1470. The lowest BCUT2D eigenvalue weighted by Crippen LogP contribution is -2.54. The van der Waals surface area contributed by atoms with Crippen molar-refractivity contribution in [3.63, 3.8) is 0 Å². The van der Waals surface area contributed by atoms with Crippen molar-refractivity contribution < 1.29 is 22.9 Å². The van der Waals surface area contributed by atoms with E-state index >= 15 is 0 Å². The molecule has 40 heavy (non-hydrogen) atoms.